The molecule has 0 spiro atoms. The zero-order chi connectivity index (χ0) is 10.3. The second-order valence-electron chi connectivity index (χ2n) is 3.52. The van der Waals surface area contributed by atoms with Gasteiger partial charge in [0, 0.05) is 5.75 Å². The third-order valence-electron chi connectivity index (χ3n) is 2.51. The monoisotopic (exact) mass is 214 g/mol. The van der Waals surface area contributed by atoms with E-state index in [1.54, 1.807) is 11.8 Å². The van der Waals surface area contributed by atoms with Gasteiger partial charge >= 0.3 is 17.8 Å². The highest BCUT2D eigenvalue weighted by Gasteiger charge is 2.44. The molecule has 2 heterocycles. The van der Waals surface area contributed by atoms with E-state index >= 15 is 0 Å². The fourth-order valence-electron chi connectivity index (χ4n) is 1.69. The molecule has 2 aliphatic heterocycles. The van der Waals surface area contributed by atoms with Gasteiger partial charge in [0.25, 0.3) is 0 Å². The highest BCUT2D eigenvalue weighted by molar-refractivity contribution is 7.99. The van der Waals surface area contributed by atoms with Crippen molar-refractivity contribution in [3.05, 3.63) is 0 Å². The smallest absolute Gasteiger partial charge is 0.269 e. The van der Waals surface area contributed by atoms with Crippen molar-refractivity contribution in [2.75, 3.05) is 11.5 Å². The summed E-state index contributed by atoms with van der Waals surface area (Å²) in [4.78, 5) is 34.6. The van der Waals surface area contributed by atoms with Crippen molar-refractivity contribution in [3.63, 3.8) is 0 Å². The van der Waals surface area contributed by atoms with Crippen LogP contribution in [0, 0.1) is 5.92 Å². The van der Waals surface area contributed by atoms with Gasteiger partial charge in [-0.25, -0.2) is 4.79 Å². The summed E-state index contributed by atoms with van der Waals surface area (Å²) >= 11 is 1.70. The second-order valence-corrected chi connectivity index (χ2v) is 4.59. The fourth-order valence-corrected chi connectivity index (χ4v) is 3.14. The van der Waals surface area contributed by atoms with Crippen molar-refractivity contribution < 1.29 is 14.4 Å². The number of imide groups is 2. The van der Waals surface area contributed by atoms with E-state index in [0.29, 0.717) is 0 Å². The molecule has 4 amide bonds. The van der Waals surface area contributed by atoms with Gasteiger partial charge in [-0.2, -0.15) is 11.8 Å². The van der Waals surface area contributed by atoms with Crippen LogP contribution in [0.4, 0.5) is 4.79 Å². The molecule has 0 radical (unpaired) electrons. The van der Waals surface area contributed by atoms with E-state index in [9.17, 15) is 14.4 Å². The van der Waals surface area contributed by atoms with E-state index in [0.717, 1.165) is 16.4 Å². The lowest BCUT2D eigenvalue weighted by molar-refractivity contribution is -0.141. The van der Waals surface area contributed by atoms with Gasteiger partial charge in [-0.1, -0.05) is 6.92 Å². The molecule has 0 saturated carbocycles. The molecule has 2 saturated heterocycles. The molecule has 2 fully saturated rings. The van der Waals surface area contributed by atoms with Gasteiger partial charge in [-0.3, -0.25) is 19.8 Å². The highest BCUT2D eigenvalue weighted by atomic mass is 32.2. The van der Waals surface area contributed by atoms with E-state index in [1.807, 2.05) is 12.2 Å². The molecular weight excluding hydrogens is 204 g/mol. The second kappa shape index (κ2) is 3.27. The molecule has 6 heteroatoms. The zero-order valence-corrected chi connectivity index (χ0v) is 8.47. The molecular formula is C8H10N2O3S. The van der Waals surface area contributed by atoms with Crippen LogP contribution in [-0.2, 0) is 9.59 Å². The lowest BCUT2D eigenvalue weighted by atomic mass is 10.1. The number of carbonyl (C=O) groups excluding carboxylic acids is 3. The third kappa shape index (κ3) is 1.30. The summed E-state index contributed by atoms with van der Waals surface area (Å²) in [5.74, 6) is 0.401. The van der Waals surface area contributed by atoms with Gasteiger partial charge in [0.15, 0.2) is 0 Å². The van der Waals surface area contributed by atoms with Crippen LogP contribution in [0.25, 0.3) is 0 Å². The number of amides is 4. The number of thioether (sulfide) groups is 1. The van der Waals surface area contributed by atoms with Crippen molar-refractivity contribution in [1.82, 2.24) is 10.2 Å². The van der Waals surface area contributed by atoms with Crippen LogP contribution in [0.3, 0.4) is 0 Å². The molecule has 0 aromatic carbocycles. The SMILES string of the molecule is CC1CSCC1N1C(=O)NC(=O)C1=O. The summed E-state index contributed by atoms with van der Waals surface area (Å²) in [5.41, 5.74) is 0. The first-order chi connectivity index (χ1) is 6.61. The summed E-state index contributed by atoms with van der Waals surface area (Å²) in [5, 5.41) is 2.00. The molecule has 5 nitrogen and oxygen atoms in total. The van der Waals surface area contributed by atoms with Gasteiger partial charge in [-0.05, 0) is 11.7 Å². The fraction of sp³-hybridized carbons (Fsp3) is 0.625. The summed E-state index contributed by atoms with van der Waals surface area (Å²) in [6.45, 7) is 1.98. The average Bonchev–Trinajstić information content (AvgIpc) is 2.60. The normalized spacial score (nSPS) is 32.6. The van der Waals surface area contributed by atoms with Crippen LogP contribution >= 0.6 is 11.8 Å². The largest absolute Gasteiger partial charge is 0.331 e. The van der Waals surface area contributed by atoms with Gasteiger partial charge in [0.1, 0.15) is 0 Å². The first kappa shape index (κ1) is 9.51. The first-order valence-corrected chi connectivity index (χ1v) is 5.53. The molecule has 2 atom stereocenters. The van der Waals surface area contributed by atoms with Crippen LogP contribution in [0.15, 0.2) is 0 Å². The Bertz CT molecular complexity index is 318. The Morgan fingerprint density at radius 2 is 2.07 bits per heavy atom. The number of hydrogen-bond acceptors (Lipinski definition) is 4. The Morgan fingerprint density at radius 1 is 1.36 bits per heavy atom. The standard InChI is InChI=1S/C8H10N2O3S/c1-4-2-14-3-5(4)10-7(12)6(11)9-8(10)13/h4-5H,2-3H2,1H3,(H,9,11,13). The molecule has 2 aliphatic rings. The quantitative estimate of drug-likeness (QED) is 0.485. The van der Waals surface area contributed by atoms with Gasteiger partial charge in [0.2, 0.25) is 0 Å². The Kier molecular flexibility index (Phi) is 2.22. The van der Waals surface area contributed by atoms with Crippen LogP contribution in [0.5, 0.6) is 0 Å². The maximum Gasteiger partial charge on any atom is 0.331 e. The molecule has 0 aromatic heterocycles. The van der Waals surface area contributed by atoms with E-state index < -0.39 is 17.8 Å². The molecule has 1 N–H and O–H groups in total. The molecule has 2 rings (SSSR count). The van der Waals surface area contributed by atoms with E-state index in [2.05, 4.69) is 0 Å². The Balaban J connectivity index is 2.21. The lowest BCUT2D eigenvalue weighted by Gasteiger charge is -2.22. The third-order valence-corrected chi connectivity index (χ3v) is 3.85. The predicted octanol–water partition coefficient (Wildman–Crippen LogP) is -0.184. The summed E-state index contributed by atoms with van der Waals surface area (Å²) in [6, 6.07) is -0.696. The Labute approximate surface area is 85.2 Å². The number of nitrogens with one attached hydrogen (secondary N) is 1. The minimum absolute atomic E-state index is 0.126. The van der Waals surface area contributed by atoms with Crippen molar-refractivity contribution in [1.29, 1.82) is 0 Å². The van der Waals surface area contributed by atoms with Crippen molar-refractivity contribution >= 4 is 29.6 Å². The summed E-state index contributed by atoms with van der Waals surface area (Å²) in [6.07, 6.45) is 0. The van der Waals surface area contributed by atoms with Crippen LogP contribution in [0.1, 0.15) is 6.92 Å². The molecule has 0 aliphatic carbocycles. The van der Waals surface area contributed by atoms with Crippen LogP contribution in [-0.4, -0.2) is 40.3 Å². The number of nitrogens with zero attached hydrogens (tertiary/aromatic N) is 1. The maximum absolute atomic E-state index is 11.3. The minimum atomic E-state index is -0.806. The minimum Gasteiger partial charge on any atom is -0.269 e. The maximum atomic E-state index is 11.3. The molecule has 14 heavy (non-hydrogen) atoms. The number of urea groups is 1. The molecule has 0 aromatic rings. The highest BCUT2D eigenvalue weighted by Crippen LogP contribution is 2.29. The van der Waals surface area contributed by atoms with Gasteiger partial charge < -0.3 is 0 Å². The predicted molar refractivity (Wildman–Crippen MR) is 50.7 cm³/mol. The van der Waals surface area contributed by atoms with Crippen molar-refractivity contribution in [2.45, 2.75) is 13.0 Å². The van der Waals surface area contributed by atoms with Crippen molar-refractivity contribution in [3.8, 4) is 0 Å². The van der Waals surface area contributed by atoms with E-state index in [1.165, 1.54) is 0 Å². The number of rotatable bonds is 1. The van der Waals surface area contributed by atoms with Gasteiger partial charge in [-0.15, -0.1) is 0 Å². The van der Waals surface area contributed by atoms with Gasteiger partial charge in [0.05, 0.1) is 6.04 Å². The van der Waals surface area contributed by atoms with Crippen LogP contribution in [0.2, 0.25) is 0 Å². The summed E-state index contributed by atoms with van der Waals surface area (Å²) in [7, 11) is 0. The number of carbonyl (C=O) groups is 3. The topological polar surface area (TPSA) is 66.5 Å². The Morgan fingerprint density at radius 3 is 2.50 bits per heavy atom. The molecule has 76 valence electrons. The average molecular weight is 214 g/mol. The molecule has 2 unspecified atom stereocenters. The summed E-state index contributed by atoms with van der Waals surface area (Å²) < 4.78 is 0. The van der Waals surface area contributed by atoms with E-state index in [-0.39, 0.29) is 12.0 Å². The van der Waals surface area contributed by atoms with Crippen LogP contribution < -0.4 is 5.32 Å². The number of hydrogen-bond donors (Lipinski definition) is 1. The van der Waals surface area contributed by atoms with Crippen molar-refractivity contribution in [2.24, 2.45) is 5.92 Å². The Hall–Kier alpha value is -1.04. The van der Waals surface area contributed by atoms with E-state index in [4.69, 9.17) is 0 Å². The lowest BCUT2D eigenvalue weighted by Crippen LogP contribution is -2.44. The molecule has 0 bridgehead atoms. The zero-order valence-electron chi connectivity index (χ0n) is 7.65. The first-order valence-electron chi connectivity index (χ1n) is 4.37.